The van der Waals surface area contributed by atoms with Crippen LogP contribution in [0.25, 0.3) is 0 Å². The largest absolute Gasteiger partial charge is 0.375 e. The lowest BCUT2D eigenvalue weighted by Gasteiger charge is -2.30. The standard InChI is InChI=1S/C20H32N2O2/c1-20(2,3)17-8-5-16(6-9-17)7-10-19(23)21-12-11-18-15-22(4)13-14-24-18/h5-6,8-9,18H,7,10-15H2,1-4H3,(H,21,23). The molecule has 0 radical (unpaired) electrons. The van der Waals surface area contributed by atoms with E-state index in [9.17, 15) is 4.79 Å². The monoisotopic (exact) mass is 332 g/mol. The van der Waals surface area contributed by atoms with E-state index in [2.05, 4.69) is 62.3 Å². The summed E-state index contributed by atoms with van der Waals surface area (Å²) in [7, 11) is 2.11. The fourth-order valence-corrected chi connectivity index (χ4v) is 2.93. The molecule has 1 aromatic rings. The number of likely N-dealkylation sites (N-methyl/N-ethyl adjacent to an activating group) is 1. The molecule has 0 spiro atoms. The number of nitrogens with zero attached hydrogens (tertiary/aromatic N) is 1. The van der Waals surface area contributed by atoms with E-state index in [0.29, 0.717) is 13.0 Å². The summed E-state index contributed by atoms with van der Waals surface area (Å²) in [6, 6.07) is 8.62. The maximum Gasteiger partial charge on any atom is 0.220 e. The first kappa shape index (κ1) is 18.9. The Labute approximate surface area is 146 Å². The molecule has 24 heavy (non-hydrogen) atoms. The second-order valence-corrected chi connectivity index (χ2v) is 7.84. The molecular weight excluding hydrogens is 300 g/mol. The van der Waals surface area contributed by atoms with Crippen LogP contribution in [-0.2, 0) is 21.4 Å². The molecule has 1 aromatic carbocycles. The van der Waals surface area contributed by atoms with Gasteiger partial charge in [0.15, 0.2) is 0 Å². The van der Waals surface area contributed by atoms with Gasteiger partial charge in [0.1, 0.15) is 0 Å². The number of ether oxygens (including phenoxy) is 1. The highest BCUT2D eigenvalue weighted by Gasteiger charge is 2.17. The molecule has 0 saturated carbocycles. The van der Waals surface area contributed by atoms with Crippen LogP contribution in [0.15, 0.2) is 24.3 Å². The summed E-state index contributed by atoms with van der Waals surface area (Å²) in [5, 5.41) is 3.01. The predicted molar refractivity (Wildman–Crippen MR) is 98.3 cm³/mol. The smallest absolute Gasteiger partial charge is 0.220 e. The van der Waals surface area contributed by atoms with Crippen LogP contribution >= 0.6 is 0 Å². The Kier molecular flexibility index (Phi) is 6.81. The quantitative estimate of drug-likeness (QED) is 0.871. The van der Waals surface area contributed by atoms with Crippen molar-refractivity contribution in [2.75, 3.05) is 33.3 Å². The van der Waals surface area contributed by atoms with Crippen LogP contribution in [0.5, 0.6) is 0 Å². The molecule has 4 nitrogen and oxygen atoms in total. The maximum atomic E-state index is 12.0. The van der Waals surface area contributed by atoms with Gasteiger partial charge in [-0.25, -0.2) is 0 Å². The van der Waals surface area contributed by atoms with E-state index in [4.69, 9.17) is 4.74 Å². The van der Waals surface area contributed by atoms with Gasteiger partial charge < -0.3 is 15.0 Å². The molecule has 1 heterocycles. The number of amides is 1. The average molecular weight is 332 g/mol. The van der Waals surface area contributed by atoms with Crippen LogP contribution in [0, 0.1) is 0 Å². The van der Waals surface area contributed by atoms with Gasteiger partial charge in [-0.15, -0.1) is 0 Å². The minimum Gasteiger partial charge on any atom is -0.375 e. The van der Waals surface area contributed by atoms with Gasteiger partial charge in [-0.05, 0) is 36.4 Å². The van der Waals surface area contributed by atoms with Crippen molar-refractivity contribution in [2.24, 2.45) is 0 Å². The van der Waals surface area contributed by atoms with E-state index in [1.165, 1.54) is 11.1 Å². The summed E-state index contributed by atoms with van der Waals surface area (Å²) in [6.45, 7) is 10.1. The molecule has 1 saturated heterocycles. The minimum atomic E-state index is 0.124. The van der Waals surface area contributed by atoms with Gasteiger partial charge in [0.2, 0.25) is 5.91 Å². The zero-order valence-electron chi connectivity index (χ0n) is 15.6. The molecule has 1 amide bonds. The SMILES string of the molecule is CN1CCOC(CCNC(=O)CCc2ccc(C(C)(C)C)cc2)C1. The van der Waals surface area contributed by atoms with Gasteiger partial charge >= 0.3 is 0 Å². The molecule has 1 aliphatic heterocycles. The fourth-order valence-electron chi connectivity index (χ4n) is 2.93. The third kappa shape index (κ3) is 6.25. The highest BCUT2D eigenvalue weighted by Crippen LogP contribution is 2.22. The summed E-state index contributed by atoms with van der Waals surface area (Å²) in [4.78, 5) is 14.3. The second kappa shape index (κ2) is 8.63. The molecule has 0 aliphatic carbocycles. The minimum absolute atomic E-state index is 0.124. The predicted octanol–water partition coefficient (Wildman–Crippen LogP) is 2.75. The normalized spacial score (nSPS) is 19.2. The van der Waals surface area contributed by atoms with Gasteiger partial charge in [0.25, 0.3) is 0 Å². The van der Waals surface area contributed by atoms with E-state index in [1.807, 2.05) is 0 Å². The molecule has 134 valence electrons. The van der Waals surface area contributed by atoms with E-state index in [-0.39, 0.29) is 17.4 Å². The molecule has 1 aliphatic rings. The number of rotatable bonds is 6. The van der Waals surface area contributed by atoms with Crippen LogP contribution in [0.4, 0.5) is 0 Å². The van der Waals surface area contributed by atoms with E-state index in [1.54, 1.807) is 0 Å². The highest BCUT2D eigenvalue weighted by atomic mass is 16.5. The van der Waals surface area contributed by atoms with Crippen molar-refractivity contribution in [3.8, 4) is 0 Å². The summed E-state index contributed by atoms with van der Waals surface area (Å²) in [5.74, 6) is 0.124. The maximum absolute atomic E-state index is 12.0. The highest BCUT2D eigenvalue weighted by molar-refractivity contribution is 5.76. The number of benzene rings is 1. The van der Waals surface area contributed by atoms with Crippen molar-refractivity contribution in [3.05, 3.63) is 35.4 Å². The molecule has 1 atom stereocenters. The van der Waals surface area contributed by atoms with Gasteiger partial charge in [-0.3, -0.25) is 4.79 Å². The van der Waals surface area contributed by atoms with Gasteiger partial charge in [-0.1, -0.05) is 45.0 Å². The zero-order valence-corrected chi connectivity index (χ0v) is 15.6. The second-order valence-electron chi connectivity index (χ2n) is 7.84. The number of hydrogen-bond donors (Lipinski definition) is 1. The molecular formula is C20H32N2O2. The summed E-state index contributed by atoms with van der Waals surface area (Å²) in [5.41, 5.74) is 2.72. The molecule has 2 rings (SSSR count). The van der Waals surface area contributed by atoms with E-state index >= 15 is 0 Å². The topological polar surface area (TPSA) is 41.6 Å². The fraction of sp³-hybridized carbons (Fsp3) is 0.650. The lowest BCUT2D eigenvalue weighted by Crippen LogP contribution is -2.41. The van der Waals surface area contributed by atoms with Crippen molar-refractivity contribution < 1.29 is 9.53 Å². The Morgan fingerprint density at radius 3 is 2.62 bits per heavy atom. The van der Waals surface area contributed by atoms with Crippen LogP contribution in [-0.4, -0.2) is 50.2 Å². The molecule has 1 N–H and O–H groups in total. The summed E-state index contributed by atoms with van der Waals surface area (Å²) >= 11 is 0. The first-order chi connectivity index (χ1) is 11.3. The number of aryl methyl sites for hydroxylation is 1. The molecule has 0 bridgehead atoms. The Morgan fingerprint density at radius 1 is 1.29 bits per heavy atom. The third-order valence-electron chi connectivity index (χ3n) is 4.59. The summed E-state index contributed by atoms with van der Waals surface area (Å²) in [6.07, 6.45) is 2.46. The van der Waals surface area contributed by atoms with Gasteiger partial charge in [0.05, 0.1) is 12.7 Å². The number of hydrogen-bond acceptors (Lipinski definition) is 3. The van der Waals surface area contributed by atoms with E-state index < -0.39 is 0 Å². The average Bonchev–Trinajstić information content (AvgIpc) is 2.52. The van der Waals surface area contributed by atoms with Crippen molar-refractivity contribution in [2.45, 2.75) is 51.6 Å². The first-order valence-electron chi connectivity index (χ1n) is 9.01. The van der Waals surface area contributed by atoms with Gasteiger partial charge in [-0.2, -0.15) is 0 Å². The first-order valence-corrected chi connectivity index (χ1v) is 9.01. The van der Waals surface area contributed by atoms with Crippen LogP contribution in [0.1, 0.15) is 44.7 Å². The van der Waals surface area contributed by atoms with Crippen LogP contribution in [0.3, 0.4) is 0 Å². The Bertz CT molecular complexity index is 519. The molecule has 1 fully saturated rings. The Balaban J connectivity index is 1.66. The van der Waals surface area contributed by atoms with Crippen molar-refractivity contribution >= 4 is 5.91 Å². The van der Waals surface area contributed by atoms with E-state index in [0.717, 1.165) is 32.5 Å². The lowest BCUT2D eigenvalue weighted by molar-refractivity contribution is -0.121. The molecule has 4 heteroatoms. The van der Waals surface area contributed by atoms with Crippen molar-refractivity contribution in [1.82, 2.24) is 10.2 Å². The summed E-state index contributed by atoms with van der Waals surface area (Å²) < 4.78 is 5.71. The van der Waals surface area contributed by atoms with Gasteiger partial charge in [0, 0.05) is 26.1 Å². The number of carbonyl (C=O) groups excluding carboxylic acids is 1. The number of carbonyl (C=O) groups is 1. The Morgan fingerprint density at radius 2 is 2.00 bits per heavy atom. The zero-order chi connectivity index (χ0) is 17.6. The van der Waals surface area contributed by atoms with Crippen molar-refractivity contribution in [3.63, 3.8) is 0 Å². The molecule has 1 unspecified atom stereocenters. The van der Waals surface area contributed by atoms with Crippen molar-refractivity contribution in [1.29, 1.82) is 0 Å². The number of morpholine rings is 1. The molecule has 0 aromatic heterocycles. The lowest BCUT2D eigenvalue weighted by atomic mass is 9.86. The third-order valence-corrected chi connectivity index (χ3v) is 4.59. The van der Waals surface area contributed by atoms with Crippen LogP contribution < -0.4 is 5.32 Å². The number of nitrogens with one attached hydrogen (secondary N) is 1. The van der Waals surface area contributed by atoms with Crippen LogP contribution in [0.2, 0.25) is 0 Å². The Hall–Kier alpha value is -1.39.